The zero-order valence-electron chi connectivity index (χ0n) is 10.1. The van der Waals surface area contributed by atoms with Gasteiger partial charge in [-0.25, -0.2) is 0 Å². The van der Waals surface area contributed by atoms with Gasteiger partial charge < -0.3 is 15.7 Å². The van der Waals surface area contributed by atoms with Crippen molar-refractivity contribution in [3.8, 4) is 0 Å². The first-order chi connectivity index (χ1) is 8.00. The normalized spacial score (nSPS) is 24.7. The lowest BCUT2D eigenvalue weighted by molar-refractivity contribution is -0.135. The number of rotatable bonds is 5. The van der Waals surface area contributed by atoms with Gasteiger partial charge in [-0.1, -0.05) is 6.92 Å². The minimum absolute atomic E-state index is 0.0490. The van der Waals surface area contributed by atoms with Gasteiger partial charge in [0.2, 0.25) is 11.8 Å². The van der Waals surface area contributed by atoms with Gasteiger partial charge in [-0.2, -0.15) is 11.8 Å². The van der Waals surface area contributed by atoms with Crippen LogP contribution < -0.4 is 5.73 Å². The van der Waals surface area contributed by atoms with E-state index in [1.807, 2.05) is 6.92 Å². The lowest BCUT2D eigenvalue weighted by atomic mass is 9.96. The van der Waals surface area contributed by atoms with Crippen LogP contribution in [-0.2, 0) is 9.59 Å². The van der Waals surface area contributed by atoms with E-state index in [0.29, 0.717) is 18.7 Å². The summed E-state index contributed by atoms with van der Waals surface area (Å²) in [5.74, 6) is 0.817. The number of nitrogens with zero attached hydrogens (tertiary/aromatic N) is 1. The molecular weight excluding hydrogens is 240 g/mol. The number of primary amides is 1. The van der Waals surface area contributed by atoms with E-state index in [2.05, 4.69) is 0 Å². The van der Waals surface area contributed by atoms with Crippen LogP contribution in [0.25, 0.3) is 0 Å². The number of β-amino-alcohol motifs (C(OH)–C–C–N with tert-alkyl or cyclic N) is 1. The molecule has 0 saturated carbocycles. The Balaban J connectivity index is 2.21. The second-order valence-electron chi connectivity index (χ2n) is 4.44. The Morgan fingerprint density at radius 1 is 1.53 bits per heavy atom. The smallest absolute Gasteiger partial charge is 0.227 e. The summed E-state index contributed by atoms with van der Waals surface area (Å²) in [6.07, 6.45) is 0.839. The molecule has 0 aromatic heterocycles. The number of hydrogen-bond donors (Lipinski definition) is 2. The molecule has 1 aliphatic rings. The summed E-state index contributed by atoms with van der Waals surface area (Å²) in [5.41, 5.74) is 5.00. The number of aliphatic hydroxyl groups excluding tert-OH is 1. The molecule has 1 aliphatic heterocycles. The van der Waals surface area contributed by atoms with Gasteiger partial charge in [0.25, 0.3) is 0 Å². The minimum Gasteiger partial charge on any atom is -0.391 e. The molecule has 2 atom stereocenters. The maximum Gasteiger partial charge on any atom is 0.227 e. The van der Waals surface area contributed by atoms with Crippen molar-refractivity contribution >= 4 is 23.6 Å². The fourth-order valence-corrected chi connectivity index (χ4v) is 2.43. The number of carbonyl (C=O) groups excluding carboxylic acids is 2. The Kier molecular flexibility index (Phi) is 5.77. The van der Waals surface area contributed by atoms with E-state index < -0.39 is 6.10 Å². The highest BCUT2D eigenvalue weighted by Crippen LogP contribution is 2.18. The summed E-state index contributed by atoms with van der Waals surface area (Å²) in [5, 5.41) is 9.68. The van der Waals surface area contributed by atoms with Gasteiger partial charge in [-0.05, 0) is 12.3 Å². The minimum atomic E-state index is -0.411. The van der Waals surface area contributed by atoms with Crippen LogP contribution in [0.15, 0.2) is 0 Å². The SMILES string of the molecule is CC1CCN(C(=O)CCSCC(N)=O)CC1O. The van der Waals surface area contributed by atoms with Gasteiger partial charge in [-0.15, -0.1) is 0 Å². The Labute approximate surface area is 106 Å². The van der Waals surface area contributed by atoms with Crippen molar-refractivity contribution in [2.75, 3.05) is 24.6 Å². The third kappa shape index (κ3) is 4.95. The van der Waals surface area contributed by atoms with Gasteiger partial charge in [0.15, 0.2) is 0 Å². The first kappa shape index (κ1) is 14.3. The van der Waals surface area contributed by atoms with E-state index in [-0.39, 0.29) is 23.5 Å². The van der Waals surface area contributed by atoms with Crippen molar-refractivity contribution in [3.05, 3.63) is 0 Å². The topological polar surface area (TPSA) is 83.6 Å². The van der Waals surface area contributed by atoms with Crippen LogP contribution in [0.2, 0.25) is 0 Å². The van der Waals surface area contributed by atoms with E-state index in [1.165, 1.54) is 11.8 Å². The molecule has 0 aromatic carbocycles. The molecule has 98 valence electrons. The second-order valence-corrected chi connectivity index (χ2v) is 5.55. The van der Waals surface area contributed by atoms with Gasteiger partial charge in [0.1, 0.15) is 0 Å². The van der Waals surface area contributed by atoms with Crippen molar-refractivity contribution < 1.29 is 14.7 Å². The number of piperidine rings is 1. The molecule has 0 aromatic rings. The van der Waals surface area contributed by atoms with E-state index in [1.54, 1.807) is 4.90 Å². The number of aliphatic hydroxyl groups is 1. The highest BCUT2D eigenvalue weighted by molar-refractivity contribution is 7.99. The van der Waals surface area contributed by atoms with Crippen molar-refractivity contribution in [2.24, 2.45) is 11.7 Å². The van der Waals surface area contributed by atoms with Gasteiger partial charge >= 0.3 is 0 Å². The predicted octanol–water partition coefficient (Wildman–Crippen LogP) is -0.176. The first-order valence-corrected chi connectivity index (χ1v) is 6.98. The molecule has 2 unspecified atom stereocenters. The van der Waals surface area contributed by atoms with E-state index in [9.17, 15) is 14.7 Å². The van der Waals surface area contributed by atoms with Crippen LogP contribution in [0.5, 0.6) is 0 Å². The van der Waals surface area contributed by atoms with Crippen LogP contribution in [0.1, 0.15) is 19.8 Å². The molecule has 2 amide bonds. The zero-order chi connectivity index (χ0) is 12.8. The fraction of sp³-hybridized carbons (Fsp3) is 0.818. The van der Waals surface area contributed by atoms with E-state index in [0.717, 1.165) is 13.0 Å². The molecule has 0 spiro atoms. The van der Waals surface area contributed by atoms with Crippen molar-refractivity contribution in [3.63, 3.8) is 0 Å². The Morgan fingerprint density at radius 2 is 2.24 bits per heavy atom. The maximum atomic E-state index is 11.8. The summed E-state index contributed by atoms with van der Waals surface area (Å²) in [4.78, 5) is 24.0. The van der Waals surface area contributed by atoms with Crippen LogP contribution in [0.4, 0.5) is 0 Å². The first-order valence-electron chi connectivity index (χ1n) is 5.82. The molecule has 6 heteroatoms. The average molecular weight is 260 g/mol. The third-order valence-electron chi connectivity index (χ3n) is 2.98. The van der Waals surface area contributed by atoms with E-state index >= 15 is 0 Å². The maximum absolute atomic E-state index is 11.8. The van der Waals surface area contributed by atoms with Crippen molar-refractivity contribution in [2.45, 2.75) is 25.9 Å². The monoisotopic (exact) mass is 260 g/mol. The molecule has 5 nitrogen and oxygen atoms in total. The molecule has 3 N–H and O–H groups in total. The lowest BCUT2D eigenvalue weighted by Crippen LogP contribution is -2.45. The molecule has 17 heavy (non-hydrogen) atoms. The quantitative estimate of drug-likeness (QED) is 0.672. The molecule has 0 bridgehead atoms. The lowest BCUT2D eigenvalue weighted by Gasteiger charge is -2.34. The number of amides is 2. The second kappa shape index (κ2) is 6.86. The predicted molar refractivity (Wildman–Crippen MR) is 67.5 cm³/mol. The summed E-state index contributed by atoms with van der Waals surface area (Å²) in [7, 11) is 0. The van der Waals surface area contributed by atoms with Crippen LogP contribution in [0.3, 0.4) is 0 Å². The fourth-order valence-electron chi connectivity index (χ4n) is 1.77. The van der Waals surface area contributed by atoms with Gasteiger partial charge in [0.05, 0.1) is 11.9 Å². The van der Waals surface area contributed by atoms with Crippen molar-refractivity contribution in [1.82, 2.24) is 4.90 Å². The summed E-state index contributed by atoms with van der Waals surface area (Å²) < 4.78 is 0. The summed E-state index contributed by atoms with van der Waals surface area (Å²) >= 11 is 1.37. The summed E-state index contributed by atoms with van der Waals surface area (Å²) in [6.45, 7) is 3.15. The standard InChI is InChI=1S/C11H20N2O3S/c1-8-2-4-13(6-9(8)14)11(16)3-5-17-7-10(12)15/h8-9,14H,2-7H2,1H3,(H2,12,15). The molecule has 1 fully saturated rings. The largest absolute Gasteiger partial charge is 0.391 e. The Hall–Kier alpha value is -0.750. The molecule has 1 saturated heterocycles. The van der Waals surface area contributed by atoms with Crippen molar-refractivity contribution in [1.29, 1.82) is 0 Å². The Morgan fingerprint density at radius 3 is 2.82 bits per heavy atom. The van der Waals surface area contributed by atoms with Crippen LogP contribution in [-0.4, -0.2) is 52.5 Å². The molecular formula is C11H20N2O3S. The highest BCUT2D eigenvalue weighted by Gasteiger charge is 2.26. The zero-order valence-corrected chi connectivity index (χ0v) is 10.9. The van der Waals surface area contributed by atoms with Crippen LogP contribution >= 0.6 is 11.8 Å². The van der Waals surface area contributed by atoms with Gasteiger partial charge in [0, 0.05) is 25.3 Å². The van der Waals surface area contributed by atoms with Gasteiger partial charge in [-0.3, -0.25) is 9.59 Å². The average Bonchev–Trinajstić information content (AvgIpc) is 2.27. The number of nitrogens with two attached hydrogens (primary N) is 1. The number of thioether (sulfide) groups is 1. The third-order valence-corrected chi connectivity index (χ3v) is 3.96. The van der Waals surface area contributed by atoms with E-state index in [4.69, 9.17) is 5.73 Å². The molecule has 0 aliphatic carbocycles. The number of hydrogen-bond acceptors (Lipinski definition) is 4. The molecule has 1 rings (SSSR count). The number of carbonyl (C=O) groups is 2. The van der Waals surface area contributed by atoms with Crippen LogP contribution in [0, 0.1) is 5.92 Å². The summed E-state index contributed by atoms with van der Waals surface area (Å²) in [6, 6.07) is 0. The Bertz CT molecular complexity index is 286. The number of likely N-dealkylation sites (tertiary alicyclic amines) is 1. The molecule has 1 heterocycles. The highest BCUT2D eigenvalue weighted by atomic mass is 32.2. The molecule has 0 radical (unpaired) electrons.